The Kier molecular flexibility index (Phi) is 5.16. The zero-order valence-electron chi connectivity index (χ0n) is 14.5. The lowest BCUT2D eigenvalue weighted by atomic mass is 9.93. The van der Waals surface area contributed by atoms with Crippen LogP contribution in [0.5, 0.6) is 0 Å². The van der Waals surface area contributed by atoms with Crippen molar-refractivity contribution in [2.45, 2.75) is 32.2 Å². The van der Waals surface area contributed by atoms with E-state index >= 15 is 0 Å². The Balaban J connectivity index is 1.75. The fourth-order valence-corrected chi connectivity index (χ4v) is 4.66. The quantitative estimate of drug-likeness (QED) is 0.629. The van der Waals surface area contributed by atoms with Gasteiger partial charge in [0.25, 0.3) is 0 Å². The maximum absolute atomic E-state index is 6.20. The molecule has 2 aromatic heterocycles. The molecule has 26 heavy (non-hydrogen) atoms. The zero-order valence-corrected chi connectivity index (χ0v) is 16.8. The van der Waals surface area contributed by atoms with Gasteiger partial charge in [-0.3, -0.25) is 0 Å². The van der Waals surface area contributed by atoms with Gasteiger partial charge in [-0.2, -0.15) is 4.98 Å². The van der Waals surface area contributed by atoms with Gasteiger partial charge in [0.15, 0.2) is 5.82 Å². The Morgan fingerprint density at radius 1 is 1.35 bits per heavy atom. The standard InChI is InChI=1S/C19H20BrClN4O/c1-12-15(14-8-5-9-26-11-14)17(20)25-16(12)18(23-19(21)24-25)22-10-13-6-3-2-4-7-13/h2-4,6-7,14H,5,8-11H2,1H3,(H,22,23,24). The topological polar surface area (TPSA) is 51.5 Å². The molecule has 5 nitrogen and oxygen atoms in total. The van der Waals surface area contributed by atoms with E-state index in [4.69, 9.17) is 16.3 Å². The van der Waals surface area contributed by atoms with Crippen molar-refractivity contribution in [3.05, 3.63) is 56.9 Å². The van der Waals surface area contributed by atoms with E-state index in [0.717, 1.165) is 42.0 Å². The van der Waals surface area contributed by atoms with E-state index in [1.165, 1.54) is 16.7 Å². The van der Waals surface area contributed by atoms with Crippen molar-refractivity contribution in [1.29, 1.82) is 0 Å². The number of hydrogen-bond acceptors (Lipinski definition) is 4. The molecule has 3 aromatic rings. The average Bonchev–Trinajstić information content (AvgIpc) is 2.92. The minimum atomic E-state index is 0.218. The summed E-state index contributed by atoms with van der Waals surface area (Å²) in [5.74, 6) is 1.11. The fourth-order valence-electron chi connectivity index (χ4n) is 3.62. The molecule has 3 heterocycles. The van der Waals surface area contributed by atoms with Crippen LogP contribution in [-0.4, -0.2) is 27.8 Å². The van der Waals surface area contributed by atoms with Gasteiger partial charge in [-0.05, 0) is 64.0 Å². The Morgan fingerprint density at radius 2 is 2.15 bits per heavy atom. The van der Waals surface area contributed by atoms with Crippen LogP contribution in [0.2, 0.25) is 5.28 Å². The summed E-state index contributed by atoms with van der Waals surface area (Å²) in [5.41, 5.74) is 4.55. The summed E-state index contributed by atoms with van der Waals surface area (Å²) < 4.78 is 8.48. The van der Waals surface area contributed by atoms with Gasteiger partial charge in [-0.1, -0.05) is 30.3 Å². The van der Waals surface area contributed by atoms with Gasteiger partial charge in [0.2, 0.25) is 5.28 Å². The Bertz CT molecular complexity index is 922. The molecule has 1 aromatic carbocycles. The normalized spacial score (nSPS) is 17.6. The van der Waals surface area contributed by atoms with Crippen molar-refractivity contribution >= 4 is 38.9 Å². The molecule has 0 spiro atoms. The number of nitrogens with one attached hydrogen (secondary N) is 1. The largest absolute Gasteiger partial charge is 0.381 e. The lowest BCUT2D eigenvalue weighted by Crippen LogP contribution is -2.16. The third-order valence-electron chi connectivity index (χ3n) is 4.86. The van der Waals surface area contributed by atoms with Gasteiger partial charge < -0.3 is 10.1 Å². The van der Waals surface area contributed by atoms with Crippen molar-refractivity contribution in [1.82, 2.24) is 14.6 Å². The molecular weight excluding hydrogens is 416 g/mol. The minimum absolute atomic E-state index is 0.218. The number of anilines is 1. The highest BCUT2D eigenvalue weighted by molar-refractivity contribution is 9.10. The summed E-state index contributed by atoms with van der Waals surface area (Å²) in [4.78, 5) is 4.45. The van der Waals surface area contributed by atoms with Gasteiger partial charge in [0.1, 0.15) is 10.1 Å². The summed E-state index contributed by atoms with van der Waals surface area (Å²) in [6.45, 7) is 4.38. The number of nitrogens with zero attached hydrogens (tertiary/aromatic N) is 3. The highest BCUT2D eigenvalue weighted by atomic mass is 79.9. The Labute approximate surface area is 165 Å². The van der Waals surface area contributed by atoms with Crippen LogP contribution in [0.4, 0.5) is 5.82 Å². The summed E-state index contributed by atoms with van der Waals surface area (Å²) in [6, 6.07) is 10.2. The molecule has 0 aliphatic carbocycles. The van der Waals surface area contributed by atoms with E-state index in [0.29, 0.717) is 12.5 Å². The minimum Gasteiger partial charge on any atom is -0.381 e. The first-order chi connectivity index (χ1) is 12.6. The summed E-state index contributed by atoms with van der Waals surface area (Å²) in [6.07, 6.45) is 2.19. The smallest absolute Gasteiger partial charge is 0.243 e. The summed E-state index contributed by atoms with van der Waals surface area (Å²) >= 11 is 9.93. The van der Waals surface area contributed by atoms with Crippen LogP contribution >= 0.6 is 27.5 Å². The van der Waals surface area contributed by atoms with Crippen LogP contribution < -0.4 is 5.32 Å². The van der Waals surface area contributed by atoms with Crippen LogP contribution in [-0.2, 0) is 11.3 Å². The van der Waals surface area contributed by atoms with Crippen molar-refractivity contribution in [3.63, 3.8) is 0 Å². The van der Waals surface area contributed by atoms with Crippen LogP contribution in [0.15, 0.2) is 34.9 Å². The zero-order chi connectivity index (χ0) is 18.1. The molecule has 7 heteroatoms. The first-order valence-electron chi connectivity index (χ1n) is 8.75. The second-order valence-electron chi connectivity index (χ2n) is 6.57. The number of ether oxygens (including phenoxy) is 1. The summed E-state index contributed by atoms with van der Waals surface area (Å²) in [5, 5.41) is 8.05. The first kappa shape index (κ1) is 17.8. The average molecular weight is 436 g/mol. The molecule has 1 saturated heterocycles. The molecule has 1 aliphatic rings. The van der Waals surface area contributed by atoms with Crippen LogP contribution in [0.3, 0.4) is 0 Å². The van der Waals surface area contributed by atoms with Crippen LogP contribution in [0.1, 0.15) is 35.4 Å². The van der Waals surface area contributed by atoms with Gasteiger partial charge in [0, 0.05) is 19.1 Å². The van der Waals surface area contributed by atoms with E-state index in [2.05, 4.69) is 50.4 Å². The number of halogens is 2. The van der Waals surface area contributed by atoms with E-state index in [9.17, 15) is 0 Å². The Morgan fingerprint density at radius 3 is 2.88 bits per heavy atom. The summed E-state index contributed by atoms with van der Waals surface area (Å²) in [7, 11) is 0. The molecule has 0 amide bonds. The lowest BCUT2D eigenvalue weighted by Gasteiger charge is -2.22. The number of benzene rings is 1. The molecule has 1 atom stereocenters. The predicted molar refractivity (Wildman–Crippen MR) is 107 cm³/mol. The monoisotopic (exact) mass is 434 g/mol. The maximum atomic E-state index is 6.20. The third kappa shape index (κ3) is 3.33. The molecular formula is C19H20BrClN4O. The Hall–Kier alpha value is -1.63. The van der Waals surface area contributed by atoms with Crippen LogP contribution in [0.25, 0.3) is 5.52 Å². The van der Waals surface area contributed by atoms with Gasteiger partial charge in [-0.25, -0.2) is 4.52 Å². The number of fused-ring (bicyclic) bond motifs is 1. The number of aryl methyl sites for hydroxylation is 1. The molecule has 136 valence electrons. The van der Waals surface area contributed by atoms with E-state index in [1.807, 2.05) is 22.7 Å². The van der Waals surface area contributed by atoms with Crippen molar-refractivity contribution in [2.75, 3.05) is 18.5 Å². The van der Waals surface area contributed by atoms with Gasteiger partial charge in [-0.15, -0.1) is 5.10 Å². The molecule has 1 unspecified atom stereocenters. The number of hydrogen-bond donors (Lipinski definition) is 1. The molecule has 0 bridgehead atoms. The fraction of sp³-hybridized carbons (Fsp3) is 0.368. The SMILES string of the molecule is Cc1c(C2CCCOC2)c(Br)n2nc(Cl)nc(NCc3ccccc3)c12. The van der Waals surface area contributed by atoms with Gasteiger partial charge >= 0.3 is 0 Å². The second kappa shape index (κ2) is 7.55. The number of aromatic nitrogens is 3. The predicted octanol–water partition coefficient (Wildman–Crippen LogP) is 4.96. The highest BCUT2D eigenvalue weighted by Crippen LogP contribution is 2.38. The molecule has 0 radical (unpaired) electrons. The highest BCUT2D eigenvalue weighted by Gasteiger charge is 2.26. The second-order valence-corrected chi connectivity index (χ2v) is 7.66. The first-order valence-corrected chi connectivity index (χ1v) is 9.92. The lowest BCUT2D eigenvalue weighted by molar-refractivity contribution is 0.0801. The van der Waals surface area contributed by atoms with Crippen molar-refractivity contribution < 1.29 is 4.74 Å². The number of rotatable bonds is 4. The molecule has 1 fully saturated rings. The van der Waals surface area contributed by atoms with E-state index in [-0.39, 0.29) is 5.28 Å². The van der Waals surface area contributed by atoms with E-state index < -0.39 is 0 Å². The van der Waals surface area contributed by atoms with Crippen molar-refractivity contribution in [3.8, 4) is 0 Å². The molecule has 1 N–H and O–H groups in total. The molecule has 1 aliphatic heterocycles. The van der Waals surface area contributed by atoms with Gasteiger partial charge in [0.05, 0.1) is 6.61 Å². The maximum Gasteiger partial charge on any atom is 0.243 e. The van der Waals surface area contributed by atoms with Crippen molar-refractivity contribution in [2.24, 2.45) is 0 Å². The molecule has 0 saturated carbocycles. The molecule has 4 rings (SSSR count). The third-order valence-corrected chi connectivity index (χ3v) is 5.78. The van der Waals surface area contributed by atoms with E-state index in [1.54, 1.807) is 0 Å². The van der Waals surface area contributed by atoms with Crippen LogP contribution in [0, 0.1) is 6.92 Å².